The highest BCUT2D eigenvalue weighted by atomic mass is 32.2. The van der Waals surface area contributed by atoms with Crippen LogP contribution in [0.1, 0.15) is 36.2 Å². The number of hydrogen-bond donors (Lipinski definition) is 1. The minimum Gasteiger partial charge on any atom is -0.339 e. The van der Waals surface area contributed by atoms with E-state index in [2.05, 4.69) is 11.4 Å². The van der Waals surface area contributed by atoms with Gasteiger partial charge >= 0.3 is 0 Å². The molecule has 1 aromatic carbocycles. The fourth-order valence-electron chi connectivity index (χ4n) is 3.47. The van der Waals surface area contributed by atoms with E-state index in [0.29, 0.717) is 24.3 Å². The number of hydrogen-bond acceptors (Lipinski definition) is 5. The van der Waals surface area contributed by atoms with Crippen molar-refractivity contribution in [2.24, 2.45) is 7.05 Å². The summed E-state index contributed by atoms with van der Waals surface area (Å²) >= 11 is 0. The summed E-state index contributed by atoms with van der Waals surface area (Å²) in [5.74, 6) is -0.656. The molecule has 0 unspecified atom stereocenters. The molecule has 1 aromatic heterocycles. The van der Waals surface area contributed by atoms with Crippen LogP contribution in [0.25, 0.3) is 6.08 Å². The molecule has 1 saturated heterocycles. The number of nitrogens with zero attached hydrogens (tertiary/aromatic N) is 4. The van der Waals surface area contributed by atoms with E-state index in [9.17, 15) is 18.5 Å². The van der Waals surface area contributed by atoms with Crippen molar-refractivity contribution >= 4 is 27.7 Å². The second-order valence-electron chi connectivity index (χ2n) is 7.36. The summed E-state index contributed by atoms with van der Waals surface area (Å²) in [5.41, 5.74) is 1.88. The van der Waals surface area contributed by atoms with Crippen molar-refractivity contribution in [1.82, 2.24) is 8.87 Å². The molecule has 9 heteroatoms. The van der Waals surface area contributed by atoms with Crippen LogP contribution in [0.15, 0.2) is 40.8 Å². The van der Waals surface area contributed by atoms with Crippen LogP contribution in [0.3, 0.4) is 0 Å². The van der Waals surface area contributed by atoms with Crippen molar-refractivity contribution in [3.8, 4) is 12.1 Å². The Bertz CT molecular complexity index is 1220. The molecule has 1 fully saturated rings. The second-order valence-corrected chi connectivity index (χ2v) is 9.30. The first-order chi connectivity index (χ1) is 14.8. The van der Waals surface area contributed by atoms with E-state index in [1.54, 1.807) is 36.7 Å². The quantitative estimate of drug-likeness (QED) is 0.570. The fourth-order valence-corrected chi connectivity index (χ4v) is 5.03. The smallest absolute Gasteiger partial charge is 0.266 e. The molecular weight excluding hydrogens is 414 g/mol. The van der Waals surface area contributed by atoms with Crippen LogP contribution < -0.4 is 5.32 Å². The average molecular weight is 438 g/mol. The van der Waals surface area contributed by atoms with Crippen LogP contribution in [0.5, 0.6) is 0 Å². The van der Waals surface area contributed by atoms with Gasteiger partial charge in [0, 0.05) is 31.5 Å². The zero-order valence-corrected chi connectivity index (χ0v) is 18.2. The maximum Gasteiger partial charge on any atom is 0.266 e. The van der Waals surface area contributed by atoms with Crippen LogP contribution in [0, 0.1) is 29.6 Å². The van der Waals surface area contributed by atoms with Gasteiger partial charge < -0.3 is 9.88 Å². The molecule has 0 atom stereocenters. The highest BCUT2D eigenvalue weighted by Crippen LogP contribution is 2.23. The van der Waals surface area contributed by atoms with Gasteiger partial charge in [0.25, 0.3) is 5.91 Å². The first kappa shape index (κ1) is 22.3. The van der Waals surface area contributed by atoms with E-state index >= 15 is 0 Å². The molecule has 2 aromatic rings. The summed E-state index contributed by atoms with van der Waals surface area (Å²) in [6.07, 6.45) is 4.10. The molecular formula is C22H23N5O3S. The van der Waals surface area contributed by atoms with E-state index in [0.717, 1.165) is 25.0 Å². The predicted molar refractivity (Wildman–Crippen MR) is 116 cm³/mol. The predicted octanol–water partition coefficient (Wildman–Crippen LogP) is 2.93. The summed E-state index contributed by atoms with van der Waals surface area (Å²) in [5, 5.41) is 21.2. The Hall–Kier alpha value is -3.40. The fraction of sp³-hybridized carbons (Fsp3) is 0.318. The Labute approximate surface area is 182 Å². The van der Waals surface area contributed by atoms with E-state index in [-0.39, 0.29) is 16.2 Å². The number of aromatic nitrogens is 1. The lowest BCUT2D eigenvalue weighted by Gasteiger charge is -2.26. The summed E-state index contributed by atoms with van der Waals surface area (Å²) in [6, 6.07) is 11.6. The van der Waals surface area contributed by atoms with E-state index in [1.165, 1.54) is 22.5 Å². The van der Waals surface area contributed by atoms with E-state index < -0.39 is 15.9 Å². The lowest BCUT2D eigenvalue weighted by atomic mass is 10.1. The number of benzene rings is 1. The Kier molecular flexibility index (Phi) is 6.59. The van der Waals surface area contributed by atoms with Gasteiger partial charge in [-0.1, -0.05) is 12.5 Å². The minimum absolute atomic E-state index is 0.104. The van der Waals surface area contributed by atoms with E-state index in [4.69, 9.17) is 5.26 Å². The molecule has 31 heavy (non-hydrogen) atoms. The van der Waals surface area contributed by atoms with Crippen LogP contribution >= 0.6 is 0 Å². The third kappa shape index (κ3) is 4.69. The molecule has 1 amide bonds. The molecule has 0 spiro atoms. The van der Waals surface area contributed by atoms with E-state index in [1.807, 2.05) is 6.07 Å². The first-order valence-electron chi connectivity index (χ1n) is 9.87. The van der Waals surface area contributed by atoms with Crippen LogP contribution in [-0.4, -0.2) is 36.3 Å². The van der Waals surface area contributed by atoms with Crippen molar-refractivity contribution in [2.45, 2.75) is 31.1 Å². The first-order valence-corrected chi connectivity index (χ1v) is 11.3. The molecule has 2 heterocycles. The lowest BCUT2D eigenvalue weighted by molar-refractivity contribution is -0.112. The third-order valence-electron chi connectivity index (χ3n) is 5.40. The summed E-state index contributed by atoms with van der Waals surface area (Å²) in [4.78, 5) is 12.8. The van der Waals surface area contributed by atoms with Gasteiger partial charge in [-0.05, 0) is 55.7 Å². The molecule has 3 rings (SSSR count). The molecule has 0 bridgehead atoms. The van der Waals surface area contributed by atoms with Crippen LogP contribution in [-0.2, 0) is 21.9 Å². The molecule has 160 valence electrons. The van der Waals surface area contributed by atoms with Gasteiger partial charge in [0.05, 0.1) is 4.90 Å². The van der Waals surface area contributed by atoms with Crippen molar-refractivity contribution in [3.05, 3.63) is 52.9 Å². The molecule has 1 N–H and O–H groups in total. The van der Waals surface area contributed by atoms with Gasteiger partial charge in [-0.2, -0.15) is 14.8 Å². The van der Waals surface area contributed by atoms with Gasteiger partial charge in [-0.25, -0.2) is 8.42 Å². The highest BCUT2D eigenvalue weighted by Gasteiger charge is 2.26. The number of nitriles is 2. The summed E-state index contributed by atoms with van der Waals surface area (Å²) in [6.45, 7) is 2.76. The normalized spacial score (nSPS) is 15.2. The number of carbonyl (C=O) groups excluding carboxylic acids is 1. The topological polar surface area (TPSA) is 119 Å². The molecule has 1 aliphatic rings. The number of sulfonamides is 1. The summed E-state index contributed by atoms with van der Waals surface area (Å²) in [7, 11) is -1.91. The van der Waals surface area contributed by atoms with Crippen molar-refractivity contribution < 1.29 is 13.2 Å². The van der Waals surface area contributed by atoms with Gasteiger partial charge in [-0.15, -0.1) is 0 Å². The van der Waals surface area contributed by atoms with Gasteiger partial charge in [-0.3, -0.25) is 4.79 Å². The maximum absolute atomic E-state index is 12.9. The third-order valence-corrected chi connectivity index (χ3v) is 7.29. The number of piperidine rings is 1. The van der Waals surface area contributed by atoms with Crippen molar-refractivity contribution in [2.75, 3.05) is 18.4 Å². The monoisotopic (exact) mass is 437 g/mol. The Balaban J connectivity index is 1.84. The number of nitrogens with one attached hydrogen (secondary N) is 1. The maximum atomic E-state index is 12.9. The lowest BCUT2D eigenvalue weighted by Crippen LogP contribution is -2.35. The molecule has 0 saturated carbocycles. The standard InChI is InChI=1S/C22H23N5O3S/c1-16-17(12-20(15-24)26(16)2)11-18(14-23)22(28)25-19-7-6-8-21(13-19)31(29,30)27-9-4-3-5-10-27/h6-8,11-13H,3-5,9-10H2,1-2H3,(H,25,28)/b18-11+. The largest absolute Gasteiger partial charge is 0.339 e. The Morgan fingerprint density at radius 2 is 1.87 bits per heavy atom. The van der Waals surface area contributed by atoms with Crippen molar-refractivity contribution in [3.63, 3.8) is 0 Å². The zero-order chi connectivity index (χ0) is 22.6. The minimum atomic E-state index is -3.64. The van der Waals surface area contributed by atoms with Gasteiger partial charge in [0.1, 0.15) is 23.4 Å². The number of carbonyl (C=O) groups is 1. The number of rotatable bonds is 5. The van der Waals surface area contributed by atoms with Gasteiger partial charge in [0.2, 0.25) is 10.0 Å². The molecule has 0 radical (unpaired) electrons. The Morgan fingerprint density at radius 1 is 1.16 bits per heavy atom. The van der Waals surface area contributed by atoms with Crippen LogP contribution in [0.4, 0.5) is 5.69 Å². The zero-order valence-electron chi connectivity index (χ0n) is 17.4. The number of amides is 1. The average Bonchev–Trinajstić information content (AvgIpc) is 3.05. The van der Waals surface area contributed by atoms with Crippen LogP contribution in [0.2, 0.25) is 0 Å². The molecule has 1 aliphatic heterocycles. The SMILES string of the molecule is Cc1c(/C=C(\C#N)C(=O)Nc2cccc(S(=O)(=O)N3CCCCC3)c2)cc(C#N)n1C. The van der Waals surface area contributed by atoms with Gasteiger partial charge in [0.15, 0.2) is 0 Å². The van der Waals surface area contributed by atoms with Crippen molar-refractivity contribution in [1.29, 1.82) is 10.5 Å². The highest BCUT2D eigenvalue weighted by molar-refractivity contribution is 7.89. The Morgan fingerprint density at radius 3 is 2.48 bits per heavy atom. The molecule has 8 nitrogen and oxygen atoms in total. The summed E-state index contributed by atoms with van der Waals surface area (Å²) < 4.78 is 28.9. The number of anilines is 1. The second kappa shape index (κ2) is 9.17. The molecule has 0 aliphatic carbocycles.